The normalized spacial score (nSPS) is 14.2. The van der Waals surface area contributed by atoms with Crippen LogP contribution in [0.25, 0.3) is 0 Å². The van der Waals surface area contributed by atoms with Crippen LogP contribution in [-0.4, -0.2) is 23.4 Å². The Kier molecular flexibility index (Phi) is 3.20. The quantitative estimate of drug-likeness (QED) is 0.605. The van der Waals surface area contributed by atoms with Crippen molar-refractivity contribution in [1.82, 2.24) is 9.78 Å². The highest BCUT2D eigenvalue weighted by Gasteiger charge is 2.65. The molecule has 0 saturated carbocycles. The largest absolute Gasteiger partial charge is 0.402 e. The van der Waals surface area contributed by atoms with E-state index in [1.54, 1.807) is 0 Å². The summed E-state index contributed by atoms with van der Waals surface area (Å²) in [6.07, 6.45) is 0. The highest BCUT2D eigenvalue weighted by Crippen LogP contribution is 2.44. The van der Waals surface area contributed by atoms with Crippen molar-refractivity contribution in [1.29, 1.82) is 0 Å². The molecule has 1 rings (SSSR count). The van der Waals surface area contributed by atoms with Crippen molar-refractivity contribution < 1.29 is 17.6 Å². The van der Waals surface area contributed by atoms with Gasteiger partial charge >= 0.3 is 11.6 Å². The fourth-order valence-corrected chi connectivity index (χ4v) is 2.51. The zero-order valence-corrected chi connectivity index (χ0v) is 11.5. The molecule has 0 bridgehead atoms. The van der Waals surface area contributed by atoms with Crippen LogP contribution in [0.5, 0.6) is 0 Å². The summed E-state index contributed by atoms with van der Waals surface area (Å²) in [5.41, 5.74) is -3.72. The molecule has 0 aromatic carbocycles. The predicted octanol–water partition coefficient (Wildman–Crippen LogP) is 3.56. The summed E-state index contributed by atoms with van der Waals surface area (Å²) in [7, 11) is -3.36. The average molecular weight is 268 g/mol. The van der Waals surface area contributed by atoms with Crippen molar-refractivity contribution >= 4 is 8.07 Å². The fourth-order valence-electron chi connectivity index (χ4n) is 1.50. The van der Waals surface area contributed by atoms with Crippen molar-refractivity contribution in [3.05, 3.63) is 17.5 Å². The van der Waals surface area contributed by atoms with Crippen molar-refractivity contribution in [3.8, 4) is 0 Å². The standard InChI is InChI=1S/C10H16F4N2Si/c1-7-6-8(2)16(15-7)9(11,12)10(13,14)17(3,4)5/h6H,1-5H3. The van der Waals surface area contributed by atoms with E-state index in [1.165, 1.54) is 39.6 Å². The molecule has 0 amide bonds. The van der Waals surface area contributed by atoms with Gasteiger partial charge in [-0.15, -0.1) is 0 Å². The molecule has 2 nitrogen and oxygen atoms in total. The minimum Gasteiger partial charge on any atom is -0.203 e. The minimum absolute atomic E-state index is 0.0328. The minimum atomic E-state index is -4.28. The van der Waals surface area contributed by atoms with E-state index in [0.29, 0.717) is 5.69 Å². The maximum absolute atomic E-state index is 13.9. The van der Waals surface area contributed by atoms with E-state index in [-0.39, 0.29) is 10.4 Å². The monoisotopic (exact) mass is 268 g/mol. The lowest BCUT2D eigenvalue weighted by atomic mass is 10.4. The molecule has 1 aromatic heterocycles. The van der Waals surface area contributed by atoms with Gasteiger partial charge in [0.1, 0.15) is 8.07 Å². The lowest BCUT2D eigenvalue weighted by Gasteiger charge is -2.35. The second-order valence-electron chi connectivity index (χ2n) is 5.20. The van der Waals surface area contributed by atoms with Crippen molar-refractivity contribution in [2.24, 2.45) is 0 Å². The molecule has 0 spiro atoms. The maximum atomic E-state index is 13.9. The maximum Gasteiger partial charge on any atom is 0.402 e. The molecule has 0 aliphatic rings. The fraction of sp³-hybridized carbons (Fsp3) is 0.700. The van der Waals surface area contributed by atoms with Gasteiger partial charge in [0, 0.05) is 5.69 Å². The summed E-state index contributed by atoms with van der Waals surface area (Å²) in [5, 5.41) is 3.47. The SMILES string of the molecule is Cc1cc(C)n(C(F)(F)C(F)(F)[Si](C)(C)C)n1. The van der Waals surface area contributed by atoms with Gasteiger partial charge in [-0.3, -0.25) is 0 Å². The molecule has 98 valence electrons. The Morgan fingerprint density at radius 2 is 1.59 bits per heavy atom. The highest BCUT2D eigenvalue weighted by atomic mass is 28.3. The van der Waals surface area contributed by atoms with Crippen LogP contribution in [0, 0.1) is 13.8 Å². The molecule has 0 unspecified atom stereocenters. The summed E-state index contributed by atoms with van der Waals surface area (Å²) in [6.45, 7) is 6.48. The molecule has 0 radical (unpaired) electrons. The lowest BCUT2D eigenvalue weighted by Crippen LogP contribution is -2.58. The van der Waals surface area contributed by atoms with Crippen LogP contribution in [0.3, 0.4) is 0 Å². The number of rotatable bonds is 3. The van der Waals surface area contributed by atoms with E-state index >= 15 is 0 Å². The Labute approximate surface area is 98.6 Å². The number of halogens is 4. The summed E-state index contributed by atoms with van der Waals surface area (Å²) < 4.78 is 55.6. The molecule has 0 saturated heterocycles. The van der Waals surface area contributed by atoms with Gasteiger partial charge in [-0.2, -0.15) is 13.9 Å². The number of aryl methyl sites for hydroxylation is 2. The first-order chi connectivity index (χ1) is 7.41. The van der Waals surface area contributed by atoms with Crippen molar-refractivity contribution in [3.63, 3.8) is 0 Å². The average Bonchev–Trinajstić information content (AvgIpc) is 2.43. The van der Waals surface area contributed by atoms with Crippen LogP contribution in [-0.2, 0) is 6.05 Å². The highest BCUT2D eigenvalue weighted by molar-refractivity contribution is 6.78. The van der Waals surface area contributed by atoms with Gasteiger partial charge in [-0.1, -0.05) is 19.6 Å². The molecule has 0 aliphatic heterocycles. The Morgan fingerprint density at radius 1 is 1.12 bits per heavy atom. The summed E-state index contributed by atoms with van der Waals surface area (Å²) in [6, 6.07) is -2.93. The summed E-state index contributed by atoms with van der Waals surface area (Å²) in [5.74, 6) is 0. The first-order valence-corrected chi connectivity index (χ1v) is 8.70. The number of nitrogens with zero attached hydrogens (tertiary/aromatic N) is 2. The first-order valence-electron chi connectivity index (χ1n) is 5.20. The van der Waals surface area contributed by atoms with E-state index in [4.69, 9.17) is 0 Å². The van der Waals surface area contributed by atoms with Crippen LogP contribution in [0.2, 0.25) is 19.6 Å². The van der Waals surface area contributed by atoms with E-state index in [0.717, 1.165) is 0 Å². The Balaban J connectivity index is 3.33. The third kappa shape index (κ3) is 2.12. The van der Waals surface area contributed by atoms with Crippen LogP contribution in [0.4, 0.5) is 17.6 Å². The van der Waals surface area contributed by atoms with Gasteiger partial charge in [0.05, 0.1) is 5.69 Å². The van der Waals surface area contributed by atoms with Gasteiger partial charge in [0.15, 0.2) is 0 Å². The van der Waals surface area contributed by atoms with Crippen LogP contribution < -0.4 is 0 Å². The second-order valence-corrected chi connectivity index (χ2v) is 10.3. The second kappa shape index (κ2) is 3.83. The van der Waals surface area contributed by atoms with E-state index in [2.05, 4.69) is 5.10 Å². The molecular formula is C10H16F4N2Si. The first kappa shape index (κ1) is 14.2. The molecular weight excluding hydrogens is 252 g/mol. The van der Waals surface area contributed by atoms with Gasteiger partial charge in [-0.05, 0) is 19.9 Å². The summed E-state index contributed by atoms with van der Waals surface area (Å²) >= 11 is 0. The molecule has 0 atom stereocenters. The number of alkyl halides is 4. The summed E-state index contributed by atoms with van der Waals surface area (Å²) in [4.78, 5) is 0. The van der Waals surface area contributed by atoms with Crippen LogP contribution in [0.1, 0.15) is 11.4 Å². The van der Waals surface area contributed by atoms with Gasteiger partial charge < -0.3 is 0 Å². The lowest BCUT2D eigenvalue weighted by molar-refractivity contribution is -0.228. The topological polar surface area (TPSA) is 17.8 Å². The molecule has 0 N–H and O–H groups in total. The number of hydrogen-bond donors (Lipinski definition) is 0. The zero-order valence-electron chi connectivity index (χ0n) is 10.5. The molecule has 0 aliphatic carbocycles. The van der Waals surface area contributed by atoms with Crippen molar-refractivity contribution in [2.75, 3.05) is 0 Å². The molecule has 7 heteroatoms. The molecule has 17 heavy (non-hydrogen) atoms. The van der Waals surface area contributed by atoms with Crippen LogP contribution in [0.15, 0.2) is 6.07 Å². The van der Waals surface area contributed by atoms with Crippen molar-refractivity contribution in [2.45, 2.75) is 45.1 Å². The molecule has 0 fully saturated rings. The number of aromatic nitrogens is 2. The molecule has 1 heterocycles. The smallest absolute Gasteiger partial charge is 0.203 e. The third-order valence-corrected chi connectivity index (χ3v) is 4.78. The third-order valence-electron chi connectivity index (χ3n) is 2.60. The Bertz CT molecular complexity index is 420. The zero-order chi connectivity index (χ0) is 13.6. The molecule has 1 aromatic rings. The van der Waals surface area contributed by atoms with E-state index in [9.17, 15) is 17.6 Å². The van der Waals surface area contributed by atoms with Crippen LogP contribution >= 0.6 is 0 Å². The predicted molar refractivity (Wildman–Crippen MR) is 60.2 cm³/mol. The van der Waals surface area contributed by atoms with E-state index in [1.807, 2.05) is 0 Å². The van der Waals surface area contributed by atoms with Gasteiger partial charge in [-0.25, -0.2) is 13.5 Å². The Hall–Kier alpha value is -0.853. The Morgan fingerprint density at radius 3 is 1.88 bits per heavy atom. The van der Waals surface area contributed by atoms with Gasteiger partial charge in [0.25, 0.3) is 0 Å². The van der Waals surface area contributed by atoms with Gasteiger partial charge in [0.2, 0.25) is 0 Å². The van der Waals surface area contributed by atoms with E-state index < -0.39 is 19.7 Å². The number of hydrogen-bond acceptors (Lipinski definition) is 1.